The zero-order valence-corrected chi connectivity index (χ0v) is 10.7. The van der Waals surface area contributed by atoms with Gasteiger partial charge in [-0.1, -0.05) is 11.6 Å². The van der Waals surface area contributed by atoms with Crippen molar-refractivity contribution in [2.75, 3.05) is 5.32 Å². The van der Waals surface area contributed by atoms with E-state index in [1.165, 1.54) is 13.1 Å². The number of nitrogens with zero attached hydrogens (tertiary/aromatic N) is 2. The van der Waals surface area contributed by atoms with Crippen LogP contribution in [0.25, 0.3) is 0 Å². The number of benzene rings is 1. The molecule has 0 unspecified atom stereocenters. The maximum Gasteiger partial charge on any atom is 0.224 e. The molecule has 0 fully saturated rings. The maximum atomic E-state index is 13.6. The molecule has 0 saturated heterocycles. The first-order valence-corrected chi connectivity index (χ1v) is 5.63. The number of rotatable bonds is 2. The Morgan fingerprint density at radius 3 is 2.61 bits per heavy atom. The number of nitrogens with one attached hydrogen (secondary N) is 1. The van der Waals surface area contributed by atoms with E-state index in [9.17, 15) is 8.78 Å². The van der Waals surface area contributed by atoms with E-state index in [1.54, 1.807) is 0 Å². The molecule has 1 N–H and O–H groups in total. The van der Waals surface area contributed by atoms with Crippen molar-refractivity contribution in [3.8, 4) is 0 Å². The minimum atomic E-state index is -0.611. The highest BCUT2D eigenvalue weighted by atomic mass is 35.5. The normalized spacial score (nSPS) is 10.5. The Labute approximate surface area is 112 Å². The molecule has 0 spiro atoms. The smallest absolute Gasteiger partial charge is 0.224 e. The number of aryl methyl sites for hydroxylation is 1. The van der Waals surface area contributed by atoms with Crippen molar-refractivity contribution in [1.29, 1.82) is 0 Å². The number of hydrogen-bond donors (Lipinski definition) is 1. The van der Waals surface area contributed by atoms with Crippen LogP contribution in [0.4, 0.5) is 20.3 Å². The molecule has 0 atom stereocenters. The molecule has 0 bridgehead atoms. The SMILES string of the molecule is Cc1cc(F)c(Nc2nc(Cl)ncc2Cl)cc1F. The highest BCUT2D eigenvalue weighted by molar-refractivity contribution is 6.33. The summed E-state index contributed by atoms with van der Waals surface area (Å²) < 4.78 is 26.9. The predicted octanol–water partition coefficient (Wildman–Crippen LogP) is 4.11. The lowest BCUT2D eigenvalue weighted by Crippen LogP contribution is -2.00. The zero-order valence-electron chi connectivity index (χ0n) is 9.14. The maximum absolute atomic E-state index is 13.6. The summed E-state index contributed by atoms with van der Waals surface area (Å²) in [4.78, 5) is 7.43. The van der Waals surface area contributed by atoms with Crippen LogP contribution in [-0.4, -0.2) is 9.97 Å². The summed E-state index contributed by atoms with van der Waals surface area (Å²) in [6.45, 7) is 1.47. The minimum absolute atomic E-state index is 0.0464. The van der Waals surface area contributed by atoms with Crippen molar-refractivity contribution < 1.29 is 8.78 Å². The van der Waals surface area contributed by atoms with Gasteiger partial charge in [-0.2, -0.15) is 4.98 Å². The molecule has 18 heavy (non-hydrogen) atoms. The van der Waals surface area contributed by atoms with E-state index in [1.807, 2.05) is 0 Å². The second-order valence-corrected chi connectivity index (χ2v) is 4.29. The summed E-state index contributed by atoms with van der Waals surface area (Å²) in [5.74, 6) is -1.03. The molecular weight excluding hydrogens is 283 g/mol. The fourth-order valence-corrected chi connectivity index (χ4v) is 1.57. The number of halogens is 4. The number of anilines is 2. The van der Waals surface area contributed by atoms with Crippen LogP contribution < -0.4 is 5.32 Å². The molecule has 2 aromatic rings. The van der Waals surface area contributed by atoms with Gasteiger partial charge in [0.1, 0.15) is 16.7 Å². The van der Waals surface area contributed by atoms with Crippen molar-refractivity contribution in [1.82, 2.24) is 9.97 Å². The lowest BCUT2D eigenvalue weighted by molar-refractivity contribution is 0.595. The first kappa shape index (κ1) is 13.0. The number of aromatic nitrogens is 2. The Hall–Kier alpha value is -1.46. The van der Waals surface area contributed by atoms with Crippen LogP contribution in [0.2, 0.25) is 10.3 Å². The number of hydrogen-bond acceptors (Lipinski definition) is 3. The zero-order chi connectivity index (χ0) is 13.3. The Morgan fingerprint density at radius 1 is 1.17 bits per heavy atom. The minimum Gasteiger partial charge on any atom is -0.336 e. The van der Waals surface area contributed by atoms with Gasteiger partial charge < -0.3 is 5.32 Å². The van der Waals surface area contributed by atoms with E-state index in [-0.39, 0.29) is 27.4 Å². The summed E-state index contributed by atoms with van der Waals surface area (Å²) >= 11 is 11.4. The van der Waals surface area contributed by atoms with E-state index in [2.05, 4.69) is 15.3 Å². The third-order valence-corrected chi connectivity index (χ3v) is 2.67. The highest BCUT2D eigenvalue weighted by Gasteiger charge is 2.10. The molecule has 7 heteroatoms. The second kappa shape index (κ2) is 5.04. The van der Waals surface area contributed by atoms with E-state index in [0.29, 0.717) is 0 Å². The van der Waals surface area contributed by atoms with Crippen molar-refractivity contribution in [3.63, 3.8) is 0 Å². The van der Waals surface area contributed by atoms with Gasteiger partial charge in [0.05, 0.1) is 11.9 Å². The molecule has 0 aliphatic rings. The standard InChI is InChI=1S/C11H7Cl2F2N3/c1-5-2-8(15)9(3-7(5)14)17-10-6(12)4-16-11(13)18-10/h2-4H,1H3,(H,16,17,18). The molecule has 1 aromatic heterocycles. The highest BCUT2D eigenvalue weighted by Crippen LogP contribution is 2.26. The van der Waals surface area contributed by atoms with Crippen molar-refractivity contribution >= 4 is 34.7 Å². The Bertz CT molecular complexity index is 605. The topological polar surface area (TPSA) is 37.8 Å². The van der Waals surface area contributed by atoms with E-state index < -0.39 is 11.6 Å². The predicted molar refractivity (Wildman–Crippen MR) is 66.4 cm³/mol. The second-order valence-electron chi connectivity index (χ2n) is 3.54. The Kier molecular flexibility index (Phi) is 3.63. The summed E-state index contributed by atoms with van der Waals surface area (Å²) in [5, 5.41) is 2.67. The molecule has 0 saturated carbocycles. The van der Waals surface area contributed by atoms with E-state index in [4.69, 9.17) is 23.2 Å². The van der Waals surface area contributed by atoms with Crippen molar-refractivity contribution in [3.05, 3.63) is 45.8 Å². The van der Waals surface area contributed by atoms with Gasteiger partial charge in [-0.05, 0) is 30.2 Å². The lowest BCUT2D eigenvalue weighted by atomic mass is 10.2. The van der Waals surface area contributed by atoms with E-state index >= 15 is 0 Å². The summed E-state index contributed by atoms with van der Waals surface area (Å²) in [5.41, 5.74) is 0.139. The third-order valence-electron chi connectivity index (χ3n) is 2.22. The molecule has 1 heterocycles. The molecule has 94 valence electrons. The van der Waals surface area contributed by atoms with Crippen LogP contribution >= 0.6 is 23.2 Å². The van der Waals surface area contributed by atoms with Crippen molar-refractivity contribution in [2.24, 2.45) is 0 Å². The van der Waals surface area contributed by atoms with Gasteiger partial charge in [0.2, 0.25) is 5.28 Å². The van der Waals surface area contributed by atoms with Gasteiger partial charge in [0, 0.05) is 6.07 Å². The van der Waals surface area contributed by atoms with Crippen LogP contribution in [0.3, 0.4) is 0 Å². The summed E-state index contributed by atoms with van der Waals surface area (Å²) in [6.07, 6.45) is 1.27. The van der Waals surface area contributed by atoms with Crippen LogP contribution in [0.1, 0.15) is 5.56 Å². The molecule has 1 aromatic carbocycles. The van der Waals surface area contributed by atoms with Crippen LogP contribution in [0, 0.1) is 18.6 Å². The van der Waals surface area contributed by atoms with Gasteiger partial charge in [-0.25, -0.2) is 13.8 Å². The molecule has 0 aliphatic carbocycles. The van der Waals surface area contributed by atoms with E-state index in [0.717, 1.165) is 12.1 Å². The first-order valence-electron chi connectivity index (χ1n) is 4.88. The Balaban J connectivity index is 2.40. The fourth-order valence-electron chi connectivity index (χ4n) is 1.30. The average molecular weight is 290 g/mol. The molecule has 0 aliphatic heterocycles. The Morgan fingerprint density at radius 2 is 1.89 bits per heavy atom. The lowest BCUT2D eigenvalue weighted by Gasteiger charge is -2.09. The molecule has 2 rings (SSSR count). The fraction of sp³-hybridized carbons (Fsp3) is 0.0909. The molecule has 3 nitrogen and oxygen atoms in total. The van der Waals surface area contributed by atoms with Gasteiger partial charge in [-0.3, -0.25) is 0 Å². The van der Waals surface area contributed by atoms with Gasteiger partial charge >= 0.3 is 0 Å². The van der Waals surface area contributed by atoms with Gasteiger partial charge in [0.25, 0.3) is 0 Å². The third kappa shape index (κ3) is 2.68. The van der Waals surface area contributed by atoms with Crippen LogP contribution in [0.5, 0.6) is 0 Å². The summed E-state index contributed by atoms with van der Waals surface area (Å²) in [6, 6.07) is 2.10. The summed E-state index contributed by atoms with van der Waals surface area (Å²) in [7, 11) is 0. The van der Waals surface area contributed by atoms with Gasteiger partial charge in [0.15, 0.2) is 5.82 Å². The van der Waals surface area contributed by atoms with Crippen molar-refractivity contribution in [2.45, 2.75) is 6.92 Å². The average Bonchev–Trinajstić information content (AvgIpc) is 2.30. The quantitative estimate of drug-likeness (QED) is 0.846. The monoisotopic (exact) mass is 289 g/mol. The van der Waals surface area contributed by atoms with Crippen LogP contribution in [-0.2, 0) is 0 Å². The molecule has 0 amide bonds. The molecule has 0 radical (unpaired) electrons. The molecular formula is C11H7Cl2F2N3. The van der Waals surface area contributed by atoms with Crippen LogP contribution in [0.15, 0.2) is 18.3 Å². The van der Waals surface area contributed by atoms with Gasteiger partial charge in [-0.15, -0.1) is 0 Å². The first-order chi connectivity index (χ1) is 8.47. The largest absolute Gasteiger partial charge is 0.336 e.